The molecule has 3 heterocycles. The lowest BCUT2D eigenvalue weighted by Gasteiger charge is -2.42. The SMILES string of the molecule is O=C1N(C2CCN(CCc3coc4ccccc34)CC2)C=CC(O)N1c1ccccc1. The maximum Gasteiger partial charge on any atom is 0.331 e. The summed E-state index contributed by atoms with van der Waals surface area (Å²) in [6.45, 7) is 2.88. The van der Waals surface area contributed by atoms with Gasteiger partial charge in [-0.15, -0.1) is 0 Å². The Morgan fingerprint density at radius 3 is 2.55 bits per heavy atom. The average Bonchev–Trinajstić information content (AvgIpc) is 3.22. The molecule has 2 amide bonds. The maximum atomic E-state index is 13.1. The Hall–Kier alpha value is -3.09. The standard InChI is InChI=1S/C25H27N3O3/c29-24-13-17-27(25(30)28(24)21-6-2-1-3-7-21)20-11-15-26(16-12-20)14-10-19-18-31-23-9-5-4-8-22(19)23/h1-9,13,17-18,20,24,29H,10-12,14-16H2. The van der Waals surface area contributed by atoms with Gasteiger partial charge in [-0.3, -0.25) is 9.80 Å². The van der Waals surface area contributed by atoms with Gasteiger partial charge in [0.15, 0.2) is 6.23 Å². The van der Waals surface area contributed by atoms with Gasteiger partial charge < -0.3 is 14.4 Å². The summed E-state index contributed by atoms with van der Waals surface area (Å²) in [5.74, 6) is 0. The molecule has 31 heavy (non-hydrogen) atoms. The van der Waals surface area contributed by atoms with Gasteiger partial charge in [0.25, 0.3) is 0 Å². The number of anilines is 1. The molecular formula is C25H27N3O3. The molecule has 1 N–H and O–H groups in total. The summed E-state index contributed by atoms with van der Waals surface area (Å²) in [5, 5.41) is 11.6. The third-order valence-electron chi connectivity index (χ3n) is 6.35. The van der Waals surface area contributed by atoms with Crippen LogP contribution in [-0.4, -0.2) is 52.8 Å². The van der Waals surface area contributed by atoms with Crippen molar-refractivity contribution in [3.63, 3.8) is 0 Å². The van der Waals surface area contributed by atoms with Crippen molar-refractivity contribution in [3.05, 3.63) is 78.7 Å². The molecule has 3 aromatic rings. The van der Waals surface area contributed by atoms with E-state index in [-0.39, 0.29) is 12.1 Å². The molecule has 1 atom stereocenters. The van der Waals surface area contributed by atoms with Crippen LogP contribution in [0.25, 0.3) is 11.0 Å². The third kappa shape index (κ3) is 3.96. The summed E-state index contributed by atoms with van der Waals surface area (Å²) in [4.78, 5) is 18.8. The monoisotopic (exact) mass is 417 g/mol. The first-order valence-electron chi connectivity index (χ1n) is 10.9. The highest BCUT2D eigenvalue weighted by Crippen LogP contribution is 2.27. The molecule has 1 unspecified atom stereocenters. The lowest BCUT2D eigenvalue weighted by Crippen LogP contribution is -2.54. The second-order valence-corrected chi connectivity index (χ2v) is 8.23. The fourth-order valence-corrected chi connectivity index (χ4v) is 4.61. The number of hydrogen-bond acceptors (Lipinski definition) is 4. The van der Waals surface area contributed by atoms with Gasteiger partial charge in [-0.25, -0.2) is 4.79 Å². The number of carbonyl (C=O) groups is 1. The molecule has 1 aromatic heterocycles. The molecule has 0 aliphatic carbocycles. The number of urea groups is 1. The van der Waals surface area contributed by atoms with Gasteiger partial charge in [0.2, 0.25) is 0 Å². The second kappa shape index (κ2) is 8.57. The number of aliphatic hydroxyl groups is 1. The van der Waals surface area contributed by atoms with Crippen molar-refractivity contribution in [2.24, 2.45) is 0 Å². The van der Waals surface area contributed by atoms with Gasteiger partial charge in [-0.2, -0.15) is 0 Å². The van der Waals surface area contributed by atoms with E-state index in [4.69, 9.17) is 4.42 Å². The van der Waals surface area contributed by atoms with E-state index in [1.54, 1.807) is 17.2 Å². The Balaban J connectivity index is 1.19. The molecule has 0 spiro atoms. The van der Waals surface area contributed by atoms with Crippen molar-refractivity contribution in [1.29, 1.82) is 0 Å². The number of amides is 2. The fraction of sp³-hybridized carbons (Fsp3) is 0.320. The molecule has 0 saturated carbocycles. The molecule has 1 fully saturated rings. The van der Waals surface area contributed by atoms with Crippen LogP contribution >= 0.6 is 0 Å². The van der Waals surface area contributed by atoms with Crippen molar-refractivity contribution in [1.82, 2.24) is 9.80 Å². The number of benzene rings is 2. The minimum Gasteiger partial charge on any atom is -0.464 e. The van der Waals surface area contributed by atoms with E-state index in [2.05, 4.69) is 11.0 Å². The van der Waals surface area contributed by atoms with Gasteiger partial charge in [-0.05, 0) is 49.1 Å². The summed E-state index contributed by atoms with van der Waals surface area (Å²) in [6.07, 6.45) is 7.17. The smallest absolute Gasteiger partial charge is 0.331 e. The van der Waals surface area contributed by atoms with Gasteiger partial charge in [0, 0.05) is 42.9 Å². The normalized spacial score (nSPS) is 20.7. The quantitative estimate of drug-likeness (QED) is 0.676. The number of rotatable bonds is 5. The first-order valence-corrected chi connectivity index (χ1v) is 10.9. The average molecular weight is 418 g/mol. The minimum absolute atomic E-state index is 0.147. The molecule has 2 aromatic carbocycles. The summed E-state index contributed by atoms with van der Waals surface area (Å²) >= 11 is 0. The van der Waals surface area contributed by atoms with Crippen molar-refractivity contribution in [3.8, 4) is 0 Å². The number of fused-ring (bicyclic) bond motifs is 1. The van der Waals surface area contributed by atoms with Crippen molar-refractivity contribution >= 4 is 22.7 Å². The highest BCUT2D eigenvalue weighted by Gasteiger charge is 2.35. The molecule has 2 aliphatic rings. The van der Waals surface area contributed by atoms with E-state index in [0.29, 0.717) is 5.69 Å². The number of aliphatic hydroxyl groups excluding tert-OH is 1. The maximum absolute atomic E-state index is 13.1. The largest absolute Gasteiger partial charge is 0.464 e. The van der Waals surface area contributed by atoms with Crippen LogP contribution in [0.4, 0.5) is 10.5 Å². The van der Waals surface area contributed by atoms with E-state index < -0.39 is 6.23 Å². The predicted molar refractivity (Wildman–Crippen MR) is 121 cm³/mol. The zero-order chi connectivity index (χ0) is 21.2. The second-order valence-electron chi connectivity index (χ2n) is 8.23. The number of likely N-dealkylation sites (tertiary alicyclic amines) is 1. The van der Waals surface area contributed by atoms with E-state index in [1.165, 1.54) is 15.8 Å². The molecule has 6 heteroatoms. The van der Waals surface area contributed by atoms with Crippen LogP contribution < -0.4 is 4.90 Å². The number of piperidine rings is 1. The van der Waals surface area contributed by atoms with Gasteiger partial charge in [0.1, 0.15) is 5.58 Å². The van der Waals surface area contributed by atoms with Crippen LogP contribution in [-0.2, 0) is 6.42 Å². The molecule has 160 valence electrons. The van der Waals surface area contributed by atoms with Crippen LogP contribution in [0.2, 0.25) is 0 Å². The number of furan rings is 1. The van der Waals surface area contributed by atoms with E-state index in [9.17, 15) is 9.90 Å². The number of carbonyl (C=O) groups excluding carboxylic acids is 1. The van der Waals surface area contributed by atoms with Crippen molar-refractivity contribution in [2.75, 3.05) is 24.5 Å². The zero-order valence-corrected chi connectivity index (χ0v) is 17.4. The highest BCUT2D eigenvalue weighted by atomic mass is 16.3. The summed E-state index contributed by atoms with van der Waals surface area (Å²) in [7, 11) is 0. The lowest BCUT2D eigenvalue weighted by molar-refractivity contribution is 0.131. The molecule has 0 bridgehead atoms. The molecule has 2 aliphatic heterocycles. The fourth-order valence-electron chi connectivity index (χ4n) is 4.61. The molecule has 5 rings (SSSR count). The Morgan fingerprint density at radius 2 is 1.74 bits per heavy atom. The molecular weight excluding hydrogens is 390 g/mol. The summed E-state index contributed by atoms with van der Waals surface area (Å²) in [6, 6.07) is 17.5. The van der Waals surface area contributed by atoms with Crippen molar-refractivity contribution in [2.45, 2.75) is 31.5 Å². The highest BCUT2D eigenvalue weighted by molar-refractivity contribution is 5.94. The number of para-hydroxylation sites is 2. The first kappa shape index (κ1) is 19.8. The topological polar surface area (TPSA) is 60.2 Å². The van der Waals surface area contributed by atoms with E-state index in [0.717, 1.165) is 44.5 Å². The Kier molecular flexibility index (Phi) is 5.49. The zero-order valence-electron chi connectivity index (χ0n) is 17.4. The van der Waals surface area contributed by atoms with Crippen molar-refractivity contribution < 1.29 is 14.3 Å². The van der Waals surface area contributed by atoms with Gasteiger partial charge in [0.05, 0.1) is 6.26 Å². The number of hydrogen-bond donors (Lipinski definition) is 1. The summed E-state index contributed by atoms with van der Waals surface area (Å²) < 4.78 is 5.66. The van der Waals surface area contributed by atoms with Crippen LogP contribution in [0.1, 0.15) is 18.4 Å². The van der Waals surface area contributed by atoms with Gasteiger partial charge >= 0.3 is 6.03 Å². The minimum atomic E-state index is -0.934. The number of nitrogens with zero attached hydrogens (tertiary/aromatic N) is 3. The van der Waals surface area contributed by atoms with E-state index in [1.807, 2.05) is 54.8 Å². The van der Waals surface area contributed by atoms with Crippen LogP contribution in [0.15, 0.2) is 77.6 Å². The molecule has 0 radical (unpaired) electrons. The molecule has 1 saturated heterocycles. The lowest BCUT2D eigenvalue weighted by atomic mass is 10.0. The van der Waals surface area contributed by atoms with E-state index >= 15 is 0 Å². The Morgan fingerprint density at radius 1 is 1.00 bits per heavy atom. The third-order valence-corrected chi connectivity index (χ3v) is 6.35. The van der Waals surface area contributed by atoms with Crippen LogP contribution in [0.5, 0.6) is 0 Å². The predicted octanol–water partition coefficient (Wildman–Crippen LogP) is 4.21. The Bertz CT molecular complexity index is 1070. The van der Waals surface area contributed by atoms with Gasteiger partial charge in [-0.1, -0.05) is 36.4 Å². The van der Waals surface area contributed by atoms with Crippen LogP contribution in [0.3, 0.4) is 0 Å². The first-order chi connectivity index (χ1) is 15.2. The Labute approximate surface area is 182 Å². The summed E-state index contributed by atoms with van der Waals surface area (Å²) in [5.41, 5.74) is 2.90. The van der Waals surface area contributed by atoms with Crippen LogP contribution in [0, 0.1) is 0 Å². The molecule has 6 nitrogen and oxygen atoms in total.